The van der Waals surface area contributed by atoms with E-state index in [1.807, 2.05) is 24.1 Å². The second-order valence-corrected chi connectivity index (χ2v) is 9.57. The SMILES string of the molecule is Cc1nc2c(n1C)-c1nc(NC3CCN(Sc4cn(C)cn4)CC3C)ncc1CC2. The van der Waals surface area contributed by atoms with Gasteiger partial charge < -0.3 is 14.5 Å². The summed E-state index contributed by atoms with van der Waals surface area (Å²) in [6.45, 7) is 6.37. The van der Waals surface area contributed by atoms with Crippen LogP contribution in [0.5, 0.6) is 0 Å². The quantitative estimate of drug-likeness (QED) is 0.645. The smallest absolute Gasteiger partial charge is 0.223 e. The lowest BCUT2D eigenvalue weighted by Gasteiger charge is -2.36. The monoisotopic (exact) mass is 424 g/mol. The molecule has 5 rings (SSSR count). The van der Waals surface area contributed by atoms with E-state index in [1.165, 1.54) is 5.56 Å². The van der Waals surface area contributed by atoms with Crippen LogP contribution in [0.3, 0.4) is 0 Å². The molecule has 2 aliphatic rings. The van der Waals surface area contributed by atoms with E-state index in [2.05, 4.69) is 51.2 Å². The van der Waals surface area contributed by atoms with E-state index in [4.69, 9.17) is 9.97 Å². The summed E-state index contributed by atoms with van der Waals surface area (Å²) in [7, 11) is 4.08. The molecule has 0 spiro atoms. The Labute approximate surface area is 181 Å². The molecule has 4 heterocycles. The maximum atomic E-state index is 4.93. The second kappa shape index (κ2) is 7.70. The molecule has 158 valence electrons. The van der Waals surface area contributed by atoms with Crippen LogP contribution < -0.4 is 5.32 Å². The Kier molecular flexibility index (Phi) is 5.02. The number of hydrogen-bond acceptors (Lipinski definition) is 7. The fraction of sp³-hybridized carbons (Fsp3) is 0.524. The summed E-state index contributed by atoms with van der Waals surface area (Å²) in [6.07, 6.45) is 8.88. The maximum Gasteiger partial charge on any atom is 0.223 e. The molecule has 2 unspecified atom stereocenters. The molecule has 3 aromatic rings. The van der Waals surface area contributed by atoms with Crippen LogP contribution >= 0.6 is 11.9 Å². The van der Waals surface area contributed by atoms with Crippen molar-refractivity contribution < 1.29 is 0 Å². The van der Waals surface area contributed by atoms with Gasteiger partial charge in [0.05, 0.1) is 23.4 Å². The van der Waals surface area contributed by atoms with Gasteiger partial charge in [0.15, 0.2) is 0 Å². The molecule has 0 radical (unpaired) electrons. The molecule has 30 heavy (non-hydrogen) atoms. The van der Waals surface area contributed by atoms with Crippen molar-refractivity contribution >= 4 is 17.9 Å². The lowest BCUT2D eigenvalue weighted by molar-refractivity contribution is 0.278. The third kappa shape index (κ3) is 3.60. The normalized spacial score (nSPS) is 21.3. The molecule has 0 aromatic carbocycles. The van der Waals surface area contributed by atoms with Gasteiger partial charge in [0.1, 0.15) is 10.9 Å². The highest BCUT2D eigenvalue weighted by Gasteiger charge is 2.29. The fourth-order valence-electron chi connectivity index (χ4n) is 4.40. The van der Waals surface area contributed by atoms with Gasteiger partial charge in [-0.15, -0.1) is 0 Å². The number of aromatic nitrogens is 6. The van der Waals surface area contributed by atoms with E-state index in [9.17, 15) is 0 Å². The van der Waals surface area contributed by atoms with Crippen LogP contribution in [-0.2, 0) is 26.9 Å². The number of imidazole rings is 2. The number of aryl methyl sites for hydroxylation is 4. The van der Waals surface area contributed by atoms with E-state index >= 15 is 0 Å². The zero-order valence-electron chi connectivity index (χ0n) is 18.0. The number of hydrogen-bond donors (Lipinski definition) is 1. The largest absolute Gasteiger partial charge is 0.351 e. The predicted octanol–water partition coefficient (Wildman–Crippen LogP) is 2.85. The summed E-state index contributed by atoms with van der Waals surface area (Å²) < 4.78 is 6.55. The summed E-state index contributed by atoms with van der Waals surface area (Å²) in [5.41, 5.74) is 4.55. The second-order valence-electron chi connectivity index (χ2n) is 8.45. The highest BCUT2D eigenvalue weighted by molar-refractivity contribution is 7.97. The number of piperidine rings is 1. The van der Waals surface area contributed by atoms with Gasteiger partial charge in [-0.2, -0.15) is 0 Å². The summed E-state index contributed by atoms with van der Waals surface area (Å²) >= 11 is 1.74. The molecule has 0 bridgehead atoms. The highest BCUT2D eigenvalue weighted by Crippen LogP contribution is 2.33. The maximum absolute atomic E-state index is 4.93. The number of nitrogens with one attached hydrogen (secondary N) is 1. The Morgan fingerprint density at radius 2 is 2.03 bits per heavy atom. The van der Waals surface area contributed by atoms with Crippen molar-refractivity contribution in [1.29, 1.82) is 0 Å². The van der Waals surface area contributed by atoms with Crippen LogP contribution in [0.15, 0.2) is 23.7 Å². The number of fused-ring (bicyclic) bond motifs is 3. The van der Waals surface area contributed by atoms with Crippen molar-refractivity contribution in [2.45, 2.75) is 44.2 Å². The molecule has 2 atom stereocenters. The Balaban J connectivity index is 1.29. The first-order chi connectivity index (χ1) is 14.5. The summed E-state index contributed by atoms with van der Waals surface area (Å²) in [6, 6.07) is 0.361. The lowest BCUT2D eigenvalue weighted by atomic mass is 9.95. The van der Waals surface area contributed by atoms with Crippen LogP contribution in [-0.4, -0.2) is 52.5 Å². The van der Waals surface area contributed by atoms with Crippen LogP contribution in [0.2, 0.25) is 0 Å². The van der Waals surface area contributed by atoms with Crippen LogP contribution in [0.1, 0.15) is 30.4 Å². The van der Waals surface area contributed by atoms with Gasteiger partial charge in [0.2, 0.25) is 5.95 Å². The van der Waals surface area contributed by atoms with E-state index in [0.29, 0.717) is 12.0 Å². The van der Waals surface area contributed by atoms with E-state index < -0.39 is 0 Å². The highest BCUT2D eigenvalue weighted by atomic mass is 32.2. The first kappa shape index (κ1) is 19.6. The number of anilines is 1. The number of nitrogens with zero attached hydrogens (tertiary/aromatic N) is 7. The minimum absolute atomic E-state index is 0.361. The summed E-state index contributed by atoms with van der Waals surface area (Å²) in [5, 5.41) is 4.67. The molecule has 1 fully saturated rings. The van der Waals surface area contributed by atoms with Crippen molar-refractivity contribution in [1.82, 2.24) is 33.4 Å². The third-order valence-electron chi connectivity index (χ3n) is 6.20. The Morgan fingerprint density at radius 1 is 1.17 bits per heavy atom. The van der Waals surface area contributed by atoms with Gasteiger partial charge in [0.25, 0.3) is 0 Å². The predicted molar refractivity (Wildman–Crippen MR) is 118 cm³/mol. The molecule has 1 aliphatic carbocycles. The van der Waals surface area contributed by atoms with E-state index in [0.717, 1.165) is 66.2 Å². The number of rotatable bonds is 4. The Bertz CT molecular complexity index is 1070. The fourth-order valence-corrected chi connectivity index (χ4v) is 5.48. The van der Waals surface area contributed by atoms with Gasteiger partial charge in [-0.25, -0.2) is 24.2 Å². The molecule has 3 aromatic heterocycles. The van der Waals surface area contributed by atoms with Gasteiger partial charge in [-0.3, -0.25) is 0 Å². The third-order valence-corrected chi connectivity index (χ3v) is 7.18. The lowest BCUT2D eigenvalue weighted by Crippen LogP contribution is -2.42. The van der Waals surface area contributed by atoms with Gasteiger partial charge in [0, 0.05) is 45.6 Å². The summed E-state index contributed by atoms with van der Waals surface area (Å²) in [5.74, 6) is 2.25. The minimum atomic E-state index is 0.361. The Morgan fingerprint density at radius 3 is 2.80 bits per heavy atom. The molecule has 1 N–H and O–H groups in total. The minimum Gasteiger partial charge on any atom is -0.351 e. The molecule has 0 amide bonds. The molecule has 1 saturated heterocycles. The molecular formula is C21H28N8S. The van der Waals surface area contributed by atoms with Gasteiger partial charge >= 0.3 is 0 Å². The molecule has 1 aliphatic heterocycles. The van der Waals surface area contributed by atoms with Crippen LogP contribution in [0.25, 0.3) is 11.4 Å². The van der Waals surface area contributed by atoms with Crippen molar-refractivity contribution in [2.24, 2.45) is 20.0 Å². The average Bonchev–Trinajstić information content (AvgIpc) is 3.26. The first-order valence-electron chi connectivity index (χ1n) is 10.5. The molecule has 0 saturated carbocycles. The Hall–Kier alpha value is -2.39. The molecular weight excluding hydrogens is 396 g/mol. The van der Waals surface area contributed by atoms with Crippen molar-refractivity contribution in [3.05, 3.63) is 35.8 Å². The average molecular weight is 425 g/mol. The molecule has 8 nitrogen and oxygen atoms in total. The van der Waals surface area contributed by atoms with Gasteiger partial charge in [-0.1, -0.05) is 6.92 Å². The summed E-state index contributed by atoms with van der Waals surface area (Å²) in [4.78, 5) is 18.7. The van der Waals surface area contributed by atoms with E-state index in [-0.39, 0.29) is 0 Å². The molecule has 9 heteroatoms. The van der Waals surface area contributed by atoms with Crippen LogP contribution in [0.4, 0.5) is 5.95 Å². The zero-order chi connectivity index (χ0) is 20.8. The van der Waals surface area contributed by atoms with E-state index in [1.54, 1.807) is 11.9 Å². The zero-order valence-corrected chi connectivity index (χ0v) is 18.8. The topological polar surface area (TPSA) is 76.7 Å². The van der Waals surface area contributed by atoms with Crippen LogP contribution in [0, 0.1) is 12.8 Å². The standard InChI is InChI=1S/C21H28N8S/c1-13-10-29(30-18-11-27(3)12-23-18)8-7-16(13)25-21-22-9-15-5-6-17-20(19(15)26-21)28(4)14(2)24-17/h9,11-13,16H,5-8,10H2,1-4H3,(H,22,25,26). The van der Waals surface area contributed by atoms with Crippen molar-refractivity contribution in [3.63, 3.8) is 0 Å². The van der Waals surface area contributed by atoms with Crippen molar-refractivity contribution in [3.8, 4) is 11.4 Å². The van der Waals surface area contributed by atoms with Crippen molar-refractivity contribution in [2.75, 3.05) is 18.4 Å². The first-order valence-corrected chi connectivity index (χ1v) is 11.3. The van der Waals surface area contributed by atoms with Gasteiger partial charge in [-0.05, 0) is 49.6 Å².